The third-order valence-electron chi connectivity index (χ3n) is 4.84. The Bertz CT molecular complexity index is 1260. The van der Waals surface area contributed by atoms with Gasteiger partial charge in [0.25, 0.3) is 0 Å². The summed E-state index contributed by atoms with van der Waals surface area (Å²) >= 11 is 0. The number of nitrogens with zero attached hydrogens (tertiary/aromatic N) is 3. The van der Waals surface area contributed by atoms with Gasteiger partial charge in [-0.25, -0.2) is 4.98 Å². The Hall–Kier alpha value is -4.40. The van der Waals surface area contributed by atoms with Gasteiger partial charge >= 0.3 is 0 Å². The summed E-state index contributed by atoms with van der Waals surface area (Å²) in [6.07, 6.45) is 3.52. The van der Waals surface area contributed by atoms with Crippen molar-refractivity contribution in [1.82, 2.24) is 15.0 Å². The van der Waals surface area contributed by atoms with E-state index in [0.717, 1.165) is 16.6 Å². The lowest BCUT2D eigenvalue weighted by Gasteiger charge is -2.15. The van der Waals surface area contributed by atoms with E-state index < -0.39 is 0 Å². The van der Waals surface area contributed by atoms with Gasteiger partial charge in [-0.3, -0.25) is 9.78 Å². The maximum Gasteiger partial charge on any atom is 0.225 e. The predicted molar refractivity (Wildman–Crippen MR) is 128 cm³/mol. The molecule has 33 heavy (non-hydrogen) atoms. The van der Waals surface area contributed by atoms with Crippen molar-refractivity contribution in [2.45, 2.75) is 13.5 Å². The fourth-order valence-corrected chi connectivity index (χ4v) is 3.29. The van der Waals surface area contributed by atoms with E-state index in [9.17, 15) is 4.79 Å². The number of carbonyl (C=O) groups is 1. The minimum absolute atomic E-state index is 0.122. The van der Waals surface area contributed by atoms with Crippen molar-refractivity contribution in [3.05, 3.63) is 66.5 Å². The van der Waals surface area contributed by atoms with E-state index in [4.69, 9.17) is 14.5 Å². The molecule has 0 radical (unpaired) electrons. The molecule has 2 heterocycles. The maximum absolute atomic E-state index is 11.3. The van der Waals surface area contributed by atoms with Crippen LogP contribution < -0.4 is 25.4 Å². The lowest BCUT2D eigenvalue weighted by Crippen LogP contribution is -2.07. The SMILES string of the molecule is COc1cc2nc(NCc3cccnc3)nc(Nc3ccc(NC(C)=O)cc3)c2cc1OC. The van der Waals surface area contributed by atoms with Gasteiger partial charge < -0.3 is 25.4 Å². The highest BCUT2D eigenvalue weighted by Crippen LogP contribution is 2.35. The first-order valence-electron chi connectivity index (χ1n) is 10.3. The molecule has 0 spiro atoms. The third kappa shape index (κ3) is 5.27. The van der Waals surface area contributed by atoms with Crippen LogP contribution in [0.25, 0.3) is 10.9 Å². The number of carbonyl (C=O) groups excluding carboxylic acids is 1. The molecule has 4 rings (SSSR count). The van der Waals surface area contributed by atoms with Crippen LogP contribution in [0.2, 0.25) is 0 Å². The monoisotopic (exact) mass is 444 g/mol. The Labute approximate surface area is 191 Å². The van der Waals surface area contributed by atoms with Crippen LogP contribution in [0.5, 0.6) is 11.5 Å². The molecule has 2 aromatic heterocycles. The second-order valence-corrected chi connectivity index (χ2v) is 7.22. The van der Waals surface area contributed by atoms with Crippen LogP contribution in [-0.4, -0.2) is 35.1 Å². The normalized spacial score (nSPS) is 10.5. The minimum atomic E-state index is -0.122. The highest BCUT2D eigenvalue weighted by atomic mass is 16.5. The number of aromatic nitrogens is 3. The fourth-order valence-electron chi connectivity index (χ4n) is 3.29. The van der Waals surface area contributed by atoms with E-state index in [1.165, 1.54) is 6.92 Å². The van der Waals surface area contributed by atoms with E-state index >= 15 is 0 Å². The second kappa shape index (κ2) is 9.82. The van der Waals surface area contributed by atoms with Crippen molar-refractivity contribution >= 4 is 40.0 Å². The van der Waals surface area contributed by atoms with Gasteiger partial charge in [0.1, 0.15) is 5.82 Å². The summed E-state index contributed by atoms with van der Waals surface area (Å²) < 4.78 is 10.9. The number of pyridine rings is 1. The van der Waals surface area contributed by atoms with E-state index in [-0.39, 0.29) is 5.91 Å². The first-order chi connectivity index (χ1) is 16.1. The molecule has 0 fully saturated rings. The molecular weight excluding hydrogens is 420 g/mol. The molecule has 9 heteroatoms. The molecule has 2 aromatic carbocycles. The first kappa shape index (κ1) is 21.8. The van der Waals surface area contributed by atoms with Crippen molar-refractivity contribution in [2.75, 3.05) is 30.2 Å². The summed E-state index contributed by atoms with van der Waals surface area (Å²) in [4.78, 5) is 24.8. The molecule has 0 aliphatic heterocycles. The molecule has 1 amide bonds. The Morgan fingerprint density at radius 3 is 2.36 bits per heavy atom. The zero-order valence-electron chi connectivity index (χ0n) is 18.5. The lowest BCUT2D eigenvalue weighted by molar-refractivity contribution is -0.114. The summed E-state index contributed by atoms with van der Waals surface area (Å²) in [6, 6.07) is 14.9. The molecule has 0 unspecified atom stereocenters. The van der Waals surface area contributed by atoms with Crippen molar-refractivity contribution < 1.29 is 14.3 Å². The van der Waals surface area contributed by atoms with Gasteiger partial charge in [-0.15, -0.1) is 0 Å². The molecule has 4 aromatic rings. The van der Waals surface area contributed by atoms with Gasteiger partial charge in [0.2, 0.25) is 11.9 Å². The number of anilines is 4. The van der Waals surface area contributed by atoms with Crippen molar-refractivity contribution in [2.24, 2.45) is 0 Å². The van der Waals surface area contributed by atoms with Crippen LogP contribution in [0.4, 0.5) is 23.1 Å². The quantitative estimate of drug-likeness (QED) is 0.368. The average molecular weight is 444 g/mol. The van der Waals surface area contributed by atoms with Gasteiger partial charge in [0.05, 0.1) is 19.7 Å². The highest BCUT2D eigenvalue weighted by Gasteiger charge is 2.14. The van der Waals surface area contributed by atoms with Crippen LogP contribution in [0, 0.1) is 0 Å². The molecular formula is C24H24N6O3. The Morgan fingerprint density at radius 2 is 1.70 bits per heavy atom. The summed E-state index contributed by atoms with van der Waals surface area (Å²) in [7, 11) is 3.17. The predicted octanol–water partition coefficient (Wildman–Crippen LogP) is 4.36. The molecule has 0 aliphatic carbocycles. The van der Waals surface area contributed by atoms with E-state index in [0.29, 0.717) is 41.0 Å². The van der Waals surface area contributed by atoms with Crippen LogP contribution in [0.1, 0.15) is 12.5 Å². The van der Waals surface area contributed by atoms with Gasteiger partial charge in [-0.05, 0) is 42.0 Å². The van der Waals surface area contributed by atoms with Crippen LogP contribution in [0.3, 0.4) is 0 Å². The summed E-state index contributed by atoms with van der Waals surface area (Å²) in [5.74, 6) is 2.09. The average Bonchev–Trinajstić information content (AvgIpc) is 2.83. The van der Waals surface area contributed by atoms with Crippen molar-refractivity contribution in [3.63, 3.8) is 0 Å². The zero-order valence-corrected chi connectivity index (χ0v) is 18.5. The first-order valence-corrected chi connectivity index (χ1v) is 10.3. The molecule has 0 saturated carbocycles. The largest absolute Gasteiger partial charge is 0.493 e. The number of ether oxygens (including phenoxy) is 2. The van der Waals surface area contributed by atoms with Crippen molar-refractivity contribution in [1.29, 1.82) is 0 Å². The number of hydrogen-bond acceptors (Lipinski definition) is 8. The Balaban J connectivity index is 1.70. The second-order valence-electron chi connectivity index (χ2n) is 7.22. The van der Waals surface area contributed by atoms with Crippen LogP contribution in [0.15, 0.2) is 60.9 Å². The van der Waals surface area contributed by atoms with Gasteiger partial charge in [0.15, 0.2) is 11.5 Å². The van der Waals surface area contributed by atoms with Crippen LogP contribution >= 0.6 is 0 Å². The Morgan fingerprint density at radius 1 is 0.970 bits per heavy atom. The molecule has 3 N–H and O–H groups in total. The van der Waals surface area contributed by atoms with Gasteiger partial charge in [-0.1, -0.05) is 6.07 Å². The molecule has 168 valence electrons. The maximum atomic E-state index is 11.3. The van der Waals surface area contributed by atoms with E-state index in [1.807, 2.05) is 48.5 Å². The number of nitrogens with one attached hydrogen (secondary N) is 3. The molecule has 0 aliphatic rings. The third-order valence-corrected chi connectivity index (χ3v) is 4.84. The topological polar surface area (TPSA) is 110 Å². The van der Waals surface area contributed by atoms with Gasteiger partial charge in [0, 0.05) is 48.7 Å². The number of fused-ring (bicyclic) bond motifs is 1. The van der Waals surface area contributed by atoms with E-state index in [2.05, 4.69) is 25.9 Å². The molecule has 0 atom stereocenters. The molecule has 0 saturated heterocycles. The standard InChI is InChI=1S/C24H24N6O3/c1-15(31)27-17-6-8-18(9-7-17)28-23-19-11-21(32-2)22(33-3)12-20(19)29-24(30-23)26-14-16-5-4-10-25-13-16/h4-13H,14H2,1-3H3,(H,27,31)(H2,26,28,29,30). The minimum Gasteiger partial charge on any atom is -0.493 e. The lowest BCUT2D eigenvalue weighted by atomic mass is 10.2. The smallest absolute Gasteiger partial charge is 0.225 e. The van der Waals surface area contributed by atoms with Crippen LogP contribution in [-0.2, 0) is 11.3 Å². The number of benzene rings is 2. The van der Waals surface area contributed by atoms with E-state index in [1.54, 1.807) is 26.6 Å². The summed E-state index contributed by atoms with van der Waals surface area (Å²) in [5, 5.41) is 10.1. The number of hydrogen-bond donors (Lipinski definition) is 3. The molecule has 0 bridgehead atoms. The summed E-state index contributed by atoms with van der Waals surface area (Å²) in [5.41, 5.74) is 3.22. The Kier molecular flexibility index (Phi) is 6.49. The summed E-state index contributed by atoms with van der Waals surface area (Å²) in [6.45, 7) is 2.00. The molecule has 9 nitrogen and oxygen atoms in total. The zero-order chi connectivity index (χ0) is 23.2. The highest BCUT2D eigenvalue weighted by molar-refractivity contribution is 5.94. The number of amides is 1. The van der Waals surface area contributed by atoms with Gasteiger partial charge in [-0.2, -0.15) is 4.98 Å². The number of methoxy groups -OCH3 is 2. The van der Waals surface area contributed by atoms with Crippen molar-refractivity contribution in [3.8, 4) is 11.5 Å². The fraction of sp³-hybridized carbons (Fsp3) is 0.167. The number of rotatable bonds is 8.